The first-order chi connectivity index (χ1) is 17.7. The van der Waals surface area contributed by atoms with Crippen LogP contribution >= 0.6 is 0 Å². The minimum atomic E-state index is -5.08. The van der Waals surface area contributed by atoms with E-state index in [1.807, 2.05) is 36.4 Å². The third kappa shape index (κ3) is 9.20. The molecule has 8 nitrogen and oxygen atoms in total. The highest BCUT2D eigenvalue weighted by Gasteiger charge is 2.38. The Kier molecular flexibility index (Phi) is 9.93. The number of nitrogens with two attached hydrogens (primary N) is 1. The number of aromatic amines is 1. The monoisotopic (exact) mass is 542 g/mol. The van der Waals surface area contributed by atoms with E-state index in [2.05, 4.69) is 39.2 Å². The number of hydrogen-bond donors (Lipinski definition) is 4. The fourth-order valence-electron chi connectivity index (χ4n) is 2.89. The number of H-pyrrole nitrogens is 1. The van der Waals surface area contributed by atoms with Crippen LogP contribution in [0, 0.1) is 0 Å². The zero-order valence-corrected chi connectivity index (χ0v) is 19.2. The van der Waals surface area contributed by atoms with Crippen LogP contribution in [-0.4, -0.2) is 49.5 Å². The number of aliphatic carboxylic acids is 2. The standard InChI is InChI=1S/C20H18N4.2C2HF3O2/c21-17(12-14-4-2-1-3-5-14)20-23-18-7-6-16(13-19(18)24-20)15-8-10-22-11-9-15;2*3-2(4,5)1(6)7/h1-11,13,17H,12,21H2,(H,23,24);2*(H,6,7). The van der Waals surface area contributed by atoms with Gasteiger partial charge in [-0.3, -0.25) is 4.98 Å². The third-order valence-corrected chi connectivity index (χ3v) is 4.65. The zero-order chi connectivity index (χ0) is 28.5. The third-order valence-electron chi connectivity index (χ3n) is 4.65. The number of carbonyl (C=O) groups is 2. The van der Waals surface area contributed by atoms with Crippen molar-refractivity contribution in [3.05, 3.63) is 84.4 Å². The van der Waals surface area contributed by atoms with Crippen LogP contribution in [0.4, 0.5) is 26.3 Å². The van der Waals surface area contributed by atoms with Crippen LogP contribution in [0.1, 0.15) is 17.4 Å². The van der Waals surface area contributed by atoms with Crippen LogP contribution in [0.15, 0.2) is 73.1 Å². The molecule has 4 aromatic rings. The smallest absolute Gasteiger partial charge is 0.475 e. The zero-order valence-electron chi connectivity index (χ0n) is 19.2. The number of imidazole rings is 1. The Balaban J connectivity index is 0.000000301. The van der Waals surface area contributed by atoms with E-state index in [0.29, 0.717) is 0 Å². The predicted octanol–water partition coefficient (Wildman–Crippen LogP) is 5.13. The number of halogens is 6. The number of hydrogen-bond acceptors (Lipinski definition) is 5. The van der Waals surface area contributed by atoms with Crippen molar-refractivity contribution in [2.24, 2.45) is 5.73 Å². The molecule has 2 heterocycles. The van der Waals surface area contributed by atoms with Gasteiger partial charge in [0.1, 0.15) is 5.82 Å². The predicted molar refractivity (Wildman–Crippen MR) is 124 cm³/mol. The van der Waals surface area contributed by atoms with E-state index < -0.39 is 24.3 Å². The number of alkyl halides is 6. The Hall–Kier alpha value is -4.46. The molecule has 2 aromatic heterocycles. The second kappa shape index (κ2) is 12.7. The summed E-state index contributed by atoms with van der Waals surface area (Å²) in [6.07, 6.45) is -5.81. The lowest BCUT2D eigenvalue weighted by molar-refractivity contribution is -0.193. The summed E-state index contributed by atoms with van der Waals surface area (Å²) in [6, 6.07) is 20.3. The molecule has 0 aliphatic heterocycles. The number of fused-ring (bicyclic) bond motifs is 1. The molecule has 0 fully saturated rings. The Bertz CT molecular complexity index is 1320. The van der Waals surface area contributed by atoms with Crippen LogP contribution < -0.4 is 5.73 Å². The van der Waals surface area contributed by atoms with Gasteiger partial charge in [-0.2, -0.15) is 26.3 Å². The van der Waals surface area contributed by atoms with Crippen LogP contribution in [0.3, 0.4) is 0 Å². The lowest BCUT2D eigenvalue weighted by Gasteiger charge is -2.08. The average molecular weight is 542 g/mol. The van der Waals surface area contributed by atoms with E-state index in [4.69, 9.17) is 25.5 Å². The van der Waals surface area contributed by atoms with Gasteiger partial charge in [0.25, 0.3) is 0 Å². The molecular weight excluding hydrogens is 522 g/mol. The van der Waals surface area contributed by atoms with Gasteiger partial charge in [0.15, 0.2) is 0 Å². The van der Waals surface area contributed by atoms with Gasteiger partial charge in [-0.25, -0.2) is 14.6 Å². The Morgan fingerprint density at radius 1 is 0.842 bits per heavy atom. The van der Waals surface area contributed by atoms with Gasteiger partial charge in [-0.15, -0.1) is 0 Å². The van der Waals surface area contributed by atoms with Crippen molar-refractivity contribution in [2.45, 2.75) is 24.8 Å². The molecule has 1 unspecified atom stereocenters. The molecule has 38 heavy (non-hydrogen) atoms. The largest absolute Gasteiger partial charge is 0.490 e. The highest BCUT2D eigenvalue weighted by Crippen LogP contribution is 2.24. The maximum absolute atomic E-state index is 10.6. The topological polar surface area (TPSA) is 142 Å². The lowest BCUT2D eigenvalue weighted by atomic mass is 10.1. The summed E-state index contributed by atoms with van der Waals surface area (Å²) in [5, 5.41) is 14.2. The number of benzene rings is 2. The van der Waals surface area contributed by atoms with Crippen molar-refractivity contribution < 1.29 is 46.1 Å². The Morgan fingerprint density at radius 3 is 1.87 bits per heavy atom. The number of nitrogens with zero attached hydrogens (tertiary/aromatic N) is 2. The number of rotatable bonds is 4. The molecular formula is C24H20F6N4O4. The average Bonchev–Trinajstić information content (AvgIpc) is 3.29. The summed E-state index contributed by atoms with van der Waals surface area (Å²) in [6.45, 7) is 0. The number of aromatic nitrogens is 3. The molecule has 5 N–H and O–H groups in total. The van der Waals surface area contributed by atoms with E-state index in [0.717, 1.165) is 34.4 Å². The van der Waals surface area contributed by atoms with Gasteiger partial charge in [0.05, 0.1) is 17.1 Å². The summed E-state index contributed by atoms with van der Waals surface area (Å²) in [7, 11) is 0. The van der Waals surface area contributed by atoms with Crippen LogP contribution in [0.2, 0.25) is 0 Å². The molecule has 0 radical (unpaired) electrons. The van der Waals surface area contributed by atoms with Gasteiger partial charge in [-0.05, 0) is 47.4 Å². The van der Waals surface area contributed by atoms with Crippen LogP contribution in [-0.2, 0) is 16.0 Å². The Morgan fingerprint density at radius 2 is 1.37 bits per heavy atom. The summed E-state index contributed by atoms with van der Waals surface area (Å²) >= 11 is 0. The van der Waals surface area contributed by atoms with Gasteiger partial charge in [0, 0.05) is 12.4 Å². The maximum atomic E-state index is 10.6. The quantitative estimate of drug-likeness (QED) is 0.262. The van der Waals surface area contributed by atoms with E-state index >= 15 is 0 Å². The second-order valence-corrected chi connectivity index (χ2v) is 7.49. The number of nitrogens with one attached hydrogen (secondary N) is 1. The molecule has 0 amide bonds. The Labute approximate surface area is 210 Å². The minimum Gasteiger partial charge on any atom is -0.475 e. The summed E-state index contributed by atoms with van der Waals surface area (Å²) in [4.78, 5) is 29.9. The lowest BCUT2D eigenvalue weighted by Crippen LogP contribution is -2.21. The summed E-state index contributed by atoms with van der Waals surface area (Å²) < 4.78 is 63.5. The summed E-state index contributed by atoms with van der Waals surface area (Å²) in [5.41, 5.74) is 11.8. The molecule has 4 rings (SSSR count). The molecule has 0 spiro atoms. The van der Waals surface area contributed by atoms with E-state index in [1.54, 1.807) is 12.4 Å². The van der Waals surface area contributed by atoms with Gasteiger partial charge in [-0.1, -0.05) is 36.4 Å². The van der Waals surface area contributed by atoms with Crippen molar-refractivity contribution in [3.63, 3.8) is 0 Å². The van der Waals surface area contributed by atoms with Gasteiger partial charge < -0.3 is 20.9 Å². The molecule has 0 saturated carbocycles. The van der Waals surface area contributed by atoms with Crippen molar-refractivity contribution in [2.75, 3.05) is 0 Å². The molecule has 0 bridgehead atoms. The second-order valence-electron chi connectivity index (χ2n) is 7.49. The van der Waals surface area contributed by atoms with E-state index in [9.17, 15) is 26.3 Å². The van der Waals surface area contributed by atoms with Crippen molar-refractivity contribution in [1.82, 2.24) is 15.0 Å². The van der Waals surface area contributed by atoms with Crippen LogP contribution in [0.5, 0.6) is 0 Å². The molecule has 14 heteroatoms. The molecule has 202 valence electrons. The maximum Gasteiger partial charge on any atom is 0.490 e. The van der Waals surface area contributed by atoms with Gasteiger partial charge >= 0.3 is 24.3 Å². The SMILES string of the molecule is NC(Cc1ccccc1)c1nc2ccc(-c3ccncc3)cc2[nH]1.O=C(O)C(F)(F)F.O=C(O)C(F)(F)F. The molecule has 0 aliphatic rings. The molecule has 2 aromatic carbocycles. The fourth-order valence-corrected chi connectivity index (χ4v) is 2.89. The van der Waals surface area contributed by atoms with Crippen molar-refractivity contribution in [1.29, 1.82) is 0 Å². The number of pyridine rings is 1. The number of carboxylic acids is 2. The summed E-state index contributed by atoms with van der Waals surface area (Å²) in [5.74, 6) is -4.69. The highest BCUT2D eigenvalue weighted by atomic mass is 19.4. The van der Waals surface area contributed by atoms with Crippen molar-refractivity contribution >= 4 is 23.0 Å². The van der Waals surface area contributed by atoms with Crippen LogP contribution in [0.25, 0.3) is 22.2 Å². The fraction of sp³-hybridized carbons (Fsp3) is 0.167. The molecule has 0 aliphatic carbocycles. The van der Waals surface area contributed by atoms with E-state index in [-0.39, 0.29) is 6.04 Å². The molecule has 0 saturated heterocycles. The van der Waals surface area contributed by atoms with Gasteiger partial charge in [0.2, 0.25) is 0 Å². The first-order valence-electron chi connectivity index (χ1n) is 10.5. The normalized spacial score (nSPS) is 12.0. The van der Waals surface area contributed by atoms with Crippen molar-refractivity contribution in [3.8, 4) is 11.1 Å². The number of carboxylic acid groups (broad SMARTS) is 2. The molecule has 1 atom stereocenters. The van der Waals surface area contributed by atoms with E-state index in [1.165, 1.54) is 5.56 Å². The highest BCUT2D eigenvalue weighted by molar-refractivity contribution is 5.82. The first-order valence-corrected chi connectivity index (χ1v) is 10.5. The first kappa shape index (κ1) is 29.8. The minimum absolute atomic E-state index is 0.149.